The monoisotopic (exact) mass is 259 g/mol. The number of nitrogens with zero attached hydrogens (tertiary/aromatic N) is 2. The normalized spacial score (nSPS) is 24.4. The van der Waals surface area contributed by atoms with Gasteiger partial charge in [0.2, 0.25) is 0 Å². The van der Waals surface area contributed by atoms with Gasteiger partial charge >= 0.3 is 0 Å². The van der Waals surface area contributed by atoms with E-state index < -0.39 is 0 Å². The topological polar surface area (TPSA) is 41.6 Å². The van der Waals surface area contributed by atoms with Crippen molar-refractivity contribution in [2.24, 2.45) is 10.7 Å². The van der Waals surface area contributed by atoms with E-state index in [-0.39, 0.29) is 5.54 Å². The Morgan fingerprint density at radius 3 is 2.47 bits per heavy atom. The lowest BCUT2D eigenvalue weighted by molar-refractivity contribution is 0.171. The fraction of sp³-hybridized carbons (Fsp3) is 0.562. The maximum atomic E-state index is 6.10. The summed E-state index contributed by atoms with van der Waals surface area (Å²) in [7, 11) is 0. The number of rotatable bonds is 4. The number of benzene rings is 1. The molecule has 19 heavy (non-hydrogen) atoms. The minimum Gasteiger partial charge on any atom is -0.370 e. The summed E-state index contributed by atoms with van der Waals surface area (Å²) >= 11 is 0. The highest BCUT2D eigenvalue weighted by atomic mass is 15.4. The van der Waals surface area contributed by atoms with Crippen molar-refractivity contribution in [3.63, 3.8) is 0 Å². The van der Waals surface area contributed by atoms with Gasteiger partial charge in [0, 0.05) is 6.04 Å². The van der Waals surface area contributed by atoms with E-state index in [4.69, 9.17) is 5.73 Å². The van der Waals surface area contributed by atoms with E-state index >= 15 is 0 Å². The molecule has 1 aliphatic heterocycles. The van der Waals surface area contributed by atoms with E-state index in [1.165, 1.54) is 11.1 Å². The molecule has 0 amide bonds. The Labute approximate surface area is 116 Å². The summed E-state index contributed by atoms with van der Waals surface area (Å²) in [6, 6.07) is 9.28. The van der Waals surface area contributed by atoms with Crippen molar-refractivity contribution in [2.75, 3.05) is 6.54 Å². The fourth-order valence-electron chi connectivity index (χ4n) is 2.86. The quantitative estimate of drug-likeness (QED) is 0.903. The molecule has 1 heterocycles. The minimum atomic E-state index is -0.105. The fourth-order valence-corrected chi connectivity index (χ4v) is 2.86. The summed E-state index contributed by atoms with van der Waals surface area (Å²) in [5.41, 5.74) is 8.66. The largest absolute Gasteiger partial charge is 0.370 e. The van der Waals surface area contributed by atoms with Crippen molar-refractivity contribution in [1.82, 2.24) is 4.90 Å². The average Bonchev–Trinajstić information content (AvgIpc) is 2.75. The maximum Gasteiger partial charge on any atom is 0.192 e. The number of aryl methyl sites for hydroxylation is 1. The molecular weight excluding hydrogens is 234 g/mol. The zero-order chi connectivity index (χ0) is 14.0. The van der Waals surface area contributed by atoms with Gasteiger partial charge in [-0.05, 0) is 37.8 Å². The standard InChI is InChI=1S/C16H25N3/c1-5-12(3)19-15(17)18-11-16(19,4)14-9-7-13(6-2)8-10-14/h7-10,12H,5-6,11H2,1-4H3,(H2,17,18). The second kappa shape index (κ2) is 5.24. The highest BCUT2D eigenvalue weighted by molar-refractivity contribution is 5.81. The van der Waals surface area contributed by atoms with Crippen LogP contribution in [0.4, 0.5) is 0 Å². The Hall–Kier alpha value is -1.51. The second-order valence-electron chi connectivity index (χ2n) is 5.63. The van der Waals surface area contributed by atoms with Crippen molar-refractivity contribution in [3.05, 3.63) is 35.4 Å². The van der Waals surface area contributed by atoms with Crippen LogP contribution in [0.15, 0.2) is 29.3 Å². The van der Waals surface area contributed by atoms with Crippen LogP contribution in [0.3, 0.4) is 0 Å². The highest BCUT2D eigenvalue weighted by Crippen LogP contribution is 2.35. The van der Waals surface area contributed by atoms with Gasteiger partial charge in [-0.3, -0.25) is 4.99 Å². The van der Waals surface area contributed by atoms with Gasteiger partial charge in [0.1, 0.15) is 0 Å². The Kier molecular flexibility index (Phi) is 3.83. The molecule has 0 aliphatic carbocycles. The first-order valence-electron chi connectivity index (χ1n) is 7.21. The third-order valence-electron chi connectivity index (χ3n) is 4.34. The Bertz CT molecular complexity index is 463. The van der Waals surface area contributed by atoms with E-state index in [0.29, 0.717) is 12.0 Å². The average molecular weight is 259 g/mol. The molecule has 3 heteroatoms. The number of guanidine groups is 1. The van der Waals surface area contributed by atoms with Gasteiger partial charge < -0.3 is 10.6 Å². The molecule has 0 aromatic heterocycles. The van der Waals surface area contributed by atoms with E-state index in [1.54, 1.807) is 0 Å². The lowest BCUT2D eigenvalue weighted by atomic mass is 9.89. The summed E-state index contributed by atoms with van der Waals surface area (Å²) in [4.78, 5) is 6.75. The third kappa shape index (κ3) is 2.34. The van der Waals surface area contributed by atoms with Crippen LogP contribution in [0, 0.1) is 0 Å². The lowest BCUT2D eigenvalue weighted by Crippen LogP contribution is -2.51. The summed E-state index contributed by atoms with van der Waals surface area (Å²) in [5.74, 6) is 0.677. The van der Waals surface area contributed by atoms with Crippen LogP contribution >= 0.6 is 0 Å². The molecule has 0 spiro atoms. The molecule has 104 valence electrons. The van der Waals surface area contributed by atoms with Crippen molar-refractivity contribution >= 4 is 5.96 Å². The molecule has 2 N–H and O–H groups in total. The minimum absolute atomic E-state index is 0.105. The Morgan fingerprint density at radius 1 is 1.32 bits per heavy atom. The van der Waals surface area contributed by atoms with Gasteiger partial charge in [0.25, 0.3) is 0 Å². The van der Waals surface area contributed by atoms with Gasteiger partial charge in [-0.15, -0.1) is 0 Å². The number of hydrogen-bond acceptors (Lipinski definition) is 3. The van der Waals surface area contributed by atoms with Crippen LogP contribution in [0.5, 0.6) is 0 Å². The lowest BCUT2D eigenvalue weighted by Gasteiger charge is -2.40. The number of aliphatic imine (C=N–C) groups is 1. The van der Waals surface area contributed by atoms with Crippen LogP contribution < -0.4 is 5.73 Å². The van der Waals surface area contributed by atoms with Gasteiger partial charge in [0.05, 0.1) is 12.1 Å². The van der Waals surface area contributed by atoms with E-state index in [0.717, 1.165) is 19.4 Å². The predicted molar refractivity (Wildman–Crippen MR) is 81.3 cm³/mol. The second-order valence-corrected chi connectivity index (χ2v) is 5.63. The summed E-state index contributed by atoms with van der Waals surface area (Å²) in [6.07, 6.45) is 2.14. The molecule has 0 fully saturated rings. The smallest absolute Gasteiger partial charge is 0.192 e. The van der Waals surface area contributed by atoms with Gasteiger partial charge in [-0.2, -0.15) is 0 Å². The van der Waals surface area contributed by atoms with Crippen molar-refractivity contribution < 1.29 is 0 Å². The molecule has 2 rings (SSSR count). The molecule has 0 saturated carbocycles. The van der Waals surface area contributed by atoms with Gasteiger partial charge in [-0.1, -0.05) is 38.1 Å². The maximum absolute atomic E-state index is 6.10. The predicted octanol–water partition coefficient (Wildman–Crippen LogP) is 2.89. The molecule has 2 unspecified atom stereocenters. The van der Waals surface area contributed by atoms with Crippen LogP contribution in [0.25, 0.3) is 0 Å². The molecule has 0 saturated heterocycles. The van der Waals surface area contributed by atoms with Gasteiger partial charge in [-0.25, -0.2) is 0 Å². The molecule has 3 nitrogen and oxygen atoms in total. The van der Waals surface area contributed by atoms with E-state index in [9.17, 15) is 0 Å². The third-order valence-corrected chi connectivity index (χ3v) is 4.34. The molecule has 1 aromatic carbocycles. The number of hydrogen-bond donors (Lipinski definition) is 1. The summed E-state index contributed by atoms with van der Waals surface area (Å²) < 4.78 is 0. The first kappa shape index (κ1) is 13.9. The Balaban J connectivity index is 2.35. The van der Waals surface area contributed by atoms with Crippen molar-refractivity contribution in [3.8, 4) is 0 Å². The van der Waals surface area contributed by atoms with E-state index in [2.05, 4.69) is 61.9 Å². The molecular formula is C16H25N3. The first-order chi connectivity index (χ1) is 9.02. The number of nitrogens with two attached hydrogens (primary N) is 1. The molecule has 2 atom stereocenters. The van der Waals surface area contributed by atoms with Crippen LogP contribution in [0.1, 0.15) is 45.2 Å². The Morgan fingerprint density at radius 2 is 1.95 bits per heavy atom. The summed E-state index contributed by atoms with van der Waals surface area (Å²) in [5, 5.41) is 0. The van der Waals surface area contributed by atoms with Crippen molar-refractivity contribution in [2.45, 2.75) is 52.1 Å². The summed E-state index contributed by atoms with van der Waals surface area (Å²) in [6.45, 7) is 9.57. The van der Waals surface area contributed by atoms with Crippen molar-refractivity contribution in [1.29, 1.82) is 0 Å². The molecule has 1 aliphatic rings. The molecule has 0 bridgehead atoms. The molecule has 1 aromatic rings. The van der Waals surface area contributed by atoms with E-state index in [1.807, 2.05) is 0 Å². The zero-order valence-electron chi connectivity index (χ0n) is 12.5. The highest BCUT2D eigenvalue weighted by Gasteiger charge is 2.41. The first-order valence-corrected chi connectivity index (χ1v) is 7.21. The van der Waals surface area contributed by atoms with Crippen LogP contribution in [0.2, 0.25) is 0 Å². The van der Waals surface area contributed by atoms with Gasteiger partial charge in [0.15, 0.2) is 5.96 Å². The SMILES string of the molecule is CCc1ccc(C2(C)CN=C(N)N2C(C)CC)cc1. The van der Waals surface area contributed by atoms with Crippen LogP contribution in [-0.2, 0) is 12.0 Å². The van der Waals surface area contributed by atoms with Crippen LogP contribution in [-0.4, -0.2) is 23.4 Å². The zero-order valence-corrected chi connectivity index (χ0v) is 12.5. The molecule has 0 radical (unpaired) electrons.